The van der Waals surface area contributed by atoms with Crippen molar-refractivity contribution in [2.45, 2.75) is 0 Å². The summed E-state index contributed by atoms with van der Waals surface area (Å²) in [7, 11) is 0. The zero-order valence-electron chi connectivity index (χ0n) is 10.6. The Morgan fingerprint density at radius 3 is 2.57 bits per heavy atom. The highest BCUT2D eigenvalue weighted by atomic mass is 32.2. The lowest BCUT2D eigenvalue weighted by atomic mass is 10.2. The fourth-order valence-corrected chi connectivity index (χ4v) is 2.54. The minimum absolute atomic E-state index is 0.283. The van der Waals surface area contributed by atoms with Gasteiger partial charge in [0, 0.05) is 12.2 Å². The fraction of sp³-hybridized carbons (Fsp3) is 0. The van der Waals surface area contributed by atoms with Gasteiger partial charge < -0.3 is 8.83 Å². The number of aliphatic imine (C=N–C) groups is 1. The Kier molecular flexibility index (Phi) is 3.58. The van der Waals surface area contributed by atoms with Gasteiger partial charge in [0.1, 0.15) is 22.6 Å². The van der Waals surface area contributed by atoms with Crippen LogP contribution in [0.5, 0.6) is 0 Å². The predicted molar refractivity (Wildman–Crippen MR) is 79.0 cm³/mol. The zero-order chi connectivity index (χ0) is 14.7. The highest BCUT2D eigenvalue weighted by Gasteiger charge is 2.25. The highest BCUT2D eigenvalue weighted by Crippen LogP contribution is 2.32. The number of nitriles is 1. The molecular formula is C15H8N2O3S. The molecule has 0 spiro atoms. The van der Waals surface area contributed by atoms with Gasteiger partial charge in [-0.15, -0.1) is 0 Å². The molecule has 0 atom stereocenters. The summed E-state index contributed by atoms with van der Waals surface area (Å²) in [4.78, 5) is 16.2. The van der Waals surface area contributed by atoms with Crippen molar-refractivity contribution in [3.05, 3.63) is 58.8 Å². The number of carbonyl (C=O) groups excluding carboxylic acids is 1. The molecule has 0 fully saturated rings. The molecule has 0 unspecified atom stereocenters. The number of hydrogen-bond acceptors (Lipinski definition) is 5. The topological polar surface area (TPSA) is 79.5 Å². The lowest BCUT2D eigenvalue weighted by Crippen LogP contribution is -1.91. The number of thioether (sulfide) groups is 1. The van der Waals surface area contributed by atoms with Gasteiger partial charge in [-0.05, 0) is 24.3 Å². The summed E-state index contributed by atoms with van der Waals surface area (Å²) < 4.78 is 10.3. The van der Waals surface area contributed by atoms with Crippen molar-refractivity contribution >= 4 is 34.9 Å². The molecular weight excluding hydrogens is 288 g/mol. The van der Waals surface area contributed by atoms with Gasteiger partial charge in [-0.3, -0.25) is 4.79 Å². The Bertz CT molecular complexity index is 791. The van der Waals surface area contributed by atoms with Crippen molar-refractivity contribution in [3.63, 3.8) is 0 Å². The van der Waals surface area contributed by atoms with E-state index in [9.17, 15) is 10.1 Å². The molecule has 3 heterocycles. The predicted octanol–water partition coefficient (Wildman–Crippen LogP) is 3.49. The van der Waals surface area contributed by atoms with E-state index in [-0.39, 0.29) is 11.5 Å². The average Bonchev–Trinajstić information content (AvgIpc) is 3.20. The number of nitrogens with zero attached hydrogens (tertiary/aromatic N) is 2. The molecule has 1 amide bonds. The van der Waals surface area contributed by atoms with Crippen LogP contribution in [-0.4, -0.2) is 11.0 Å². The molecule has 0 bridgehead atoms. The quantitative estimate of drug-likeness (QED) is 0.639. The minimum Gasteiger partial charge on any atom is -0.465 e. The largest absolute Gasteiger partial charge is 0.465 e. The second-order valence-corrected chi connectivity index (χ2v) is 5.06. The Morgan fingerprint density at radius 2 is 1.95 bits per heavy atom. The van der Waals surface area contributed by atoms with Crippen molar-refractivity contribution < 1.29 is 13.6 Å². The SMILES string of the molecule is N#C/C(=C/c1ccco1)C1=NC(=O)/C(=C/c2ccco2)S1. The van der Waals surface area contributed by atoms with Crippen LogP contribution in [0.15, 0.2) is 61.1 Å². The summed E-state index contributed by atoms with van der Waals surface area (Å²) in [6, 6.07) is 8.94. The van der Waals surface area contributed by atoms with E-state index in [4.69, 9.17) is 8.83 Å². The van der Waals surface area contributed by atoms with Gasteiger partial charge in [0.15, 0.2) is 0 Å². The number of furan rings is 2. The summed E-state index contributed by atoms with van der Waals surface area (Å²) in [5.74, 6) is 0.716. The number of carbonyl (C=O) groups is 1. The minimum atomic E-state index is -0.382. The second kappa shape index (κ2) is 5.69. The molecule has 1 aliphatic heterocycles. The Labute approximate surface area is 124 Å². The molecule has 0 aromatic carbocycles. The Balaban J connectivity index is 1.86. The third-order valence-electron chi connectivity index (χ3n) is 2.62. The first-order chi connectivity index (χ1) is 10.3. The molecule has 0 radical (unpaired) electrons. The number of rotatable bonds is 3. The van der Waals surface area contributed by atoms with Gasteiger partial charge >= 0.3 is 0 Å². The lowest BCUT2D eigenvalue weighted by Gasteiger charge is -1.95. The van der Waals surface area contributed by atoms with E-state index in [2.05, 4.69) is 4.99 Å². The van der Waals surface area contributed by atoms with E-state index >= 15 is 0 Å². The monoisotopic (exact) mass is 296 g/mol. The molecule has 5 nitrogen and oxygen atoms in total. The molecule has 0 N–H and O–H groups in total. The van der Waals surface area contributed by atoms with Crippen LogP contribution in [0.3, 0.4) is 0 Å². The standard InChI is InChI=1S/C15H8N2O3S/c16-9-10(7-11-3-1-5-19-11)15-17-14(18)13(21-15)8-12-4-2-6-20-12/h1-8H/b10-7-,13-8-. The summed E-state index contributed by atoms with van der Waals surface area (Å²) in [5, 5.41) is 9.57. The van der Waals surface area contributed by atoms with Crippen LogP contribution in [0.2, 0.25) is 0 Å². The van der Waals surface area contributed by atoms with Crippen molar-refractivity contribution in [3.8, 4) is 6.07 Å². The van der Waals surface area contributed by atoms with Crippen LogP contribution in [0, 0.1) is 11.3 Å². The summed E-state index contributed by atoms with van der Waals surface area (Å²) in [6.45, 7) is 0. The molecule has 1 aliphatic rings. The van der Waals surface area contributed by atoms with Gasteiger partial charge in [-0.2, -0.15) is 5.26 Å². The maximum atomic E-state index is 11.9. The van der Waals surface area contributed by atoms with E-state index in [0.29, 0.717) is 21.5 Å². The van der Waals surface area contributed by atoms with Crippen LogP contribution >= 0.6 is 11.8 Å². The molecule has 0 saturated heterocycles. The third kappa shape index (κ3) is 2.88. The first-order valence-corrected chi connectivity index (χ1v) is 6.79. The van der Waals surface area contributed by atoms with Gasteiger partial charge in [0.05, 0.1) is 23.0 Å². The Hall–Kier alpha value is -2.78. The lowest BCUT2D eigenvalue weighted by molar-refractivity contribution is -0.113. The maximum absolute atomic E-state index is 11.9. The smallest absolute Gasteiger partial charge is 0.285 e. The van der Waals surface area contributed by atoms with Gasteiger partial charge in [-0.1, -0.05) is 11.8 Å². The fourth-order valence-electron chi connectivity index (χ4n) is 1.68. The van der Waals surface area contributed by atoms with E-state index in [0.717, 1.165) is 11.8 Å². The summed E-state index contributed by atoms with van der Waals surface area (Å²) in [6.07, 6.45) is 6.19. The van der Waals surface area contributed by atoms with E-state index in [1.165, 1.54) is 12.5 Å². The van der Waals surface area contributed by atoms with E-state index in [1.807, 2.05) is 6.07 Å². The maximum Gasteiger partial charge on any atom is 0.285 e. The van der Waals surface area contributed by atoms with E-state index in [1.54, 1.807) is 36.4 Å². The first-order valence-electron chi connectivity index (χ1n) is 5.98. The van der Waals surface area contributed by atoms with Crippen LogP contribution < -0.4 is 0 Å². The molecule has 2 aromatic heterocycles. The molecule has 102 valence electrons. The highest BCUT2D eigenvalue weighted by molar-refractivity contribution is 8.19. The first kappa shape index (κ1) is 13.2. The summed E-state index contributed by atoms with van der Waals surface area (Å²) >= 11 is 1.14. The van der Waals surface area contributed by atoms with Gasteiger partial charge in [0.2, 0.25) is 0 Å². The van der Waals surface area contributed by atoms with Crippen molar-refractivity contribution in [1.29, 1.82) is 5.26 Å². The molecule has 2 aromatic rings. The number of hydrogen-bond donors (Lipinski definition) is 0. The molecule has 21 heavy (non-hydrogen) atoms. The second-order valence-electron chi connectivity index (χ2n) is 4.03. The van der Waals surface area contributed by atoms with E-state index < -0.39 is 0 Å². The van der Waals surface area contributed by atoms with Gasteiger partial charge in [0.25, 0.3) is 5.91 Å². The van der Waals surface area contributed by atoms with Crippen LogP contribution in [0.4, 0.5) is 0 Å². The van der Waals surface area contributed by atoms with Gasteiger partial charge in [-0.25, -0.2) is 4.99 Å². The molecule has 6 heteroatoms. The third-order valence-corrected chi connectivity index (χ3v) is 3.63. The van der Waals surface area contributed by atoms with Crippen molar-refractivity contribution in [1.82, 2.24) is 0 Å². The number of amides is 1. The normalized spacial score (nSPS) is 17.1. The van der Waals surface area contributed by atoms with Crippen LogP contribution in [0.1, 0.15) is 11.5 Å². The zero-order valence-corrected chi connectivity index (χ0v) is 11.5. The molecule has 3 rings (SSSR count). The summed E-state index contributed by atoms with van der Waals surface area (Å²) in [5.41, 5.74) is 0.283. The van der Waals surface area contributed by atoms with Crippen LogP contribution in [-0.2, 0) is 4.79 Å². The van der Waals surface area contributed by atoms with Crippen molar-refractivity contribution in [2.24, 2.45) is 4.99 Å². The average molecular weight is 296 g/mol. The molecule has 0 aliphatic carbocycles. The Morgan fingerprint density at radius 1 is 1.24 bits per heavy atom. The van der Waals surface area contributed by atoms with Crippen LogP contribution in [0.25, 0.3) is 12.2 Å². The molecule has 0 saturated carbocycles. The van der Waals surface area contributed by atoms with Crippen molar-refractivity contribution in [2.75, 3.05) is 0 Å².